The molecule has 2 aromatic rings. The second kappa shape index (κ2) is 7.57. The molecular weight excluding hydrogens is 340 g/mol. The Labute approximate surface area is 148 Å². The lowest BCUT2D eigenvalue weighted by atomic mass is 10.1. The van der Waals surface area contributed by atoms with Crippen LogP contribution in [0.5, 0.6) is 5.75 Å². The molecule has 0 aliphatic heterocycles. The summed E-state index contributed by atoms with van der Waals surface area (Å²) in [4.78, 5) is 13.0. The number of rotatable bonds is 6. The van der Waals surface area contributed by atoms with Gasteiger partial charge in [0.2, 0.25) is 0 Å². The molecule has 7 heteroatoms. The van der Waals surface area contributed by atoms with Gasteiger partial charge in [-0.25, -0.2) is 8.42 Å². The van der Waals surface area contributed by atoms with Crippen molar-refractivity contribution >= 4 is 21.6 Å². The number of carbonyl (C=O) groups is 1. The molecule has 1 N–H and O–H groups in total. The highest BCUT2D eigenvalue weighted by Crippen LogP contribution is 2.21. The first-order valence-electron chi connectivity index (χ1n) is 7.71. The fourth-order valence-corrected chi connectivity index (χ4v) is 3.28. The maximum absolute atomic E-state index is 12.5. The van der Waals surface area contributed by atoms with Gasteiger partial charge in [0.1, 0.15) is 5.75 Å². The van der Waals surface area contributed by atoms with Gasteiger partial charge in [0.05, 0.1) is 4.90 Å². The first kappa shape index (κ1) is 18.8. The lowest BCUT2D eigenvalue weighted by molar-refractivity contribution is -0.130. The molecule has 0 atom stereocenters. The molecule has 0 aliphatic carbocycles. The quantitative estimate of drug-likeness (QED) is 0.857. The number of benzene rings is 2. The average Bonchev–Trinajstić information content (AvgIpc) is 2.51. The maximum atomic E-state index is 12.5. The lowest BCUT2D eigenvalue weighted by Crippen LogP contribution is -2.27. The highest BCUT2D eigenvalue weighted by Gasteiger charge is 2.15. The largest absolute Gasteiger partial charge is 0.484 e. The topological polar surface area (TPSA) is 75.7 Å². The summed E-state index contributed by atoms with van der Waals surface area (Å²) in [5.41, 5.74) is 2.48. The van der Waals surface area contributed by atoms with E-state index in [2.05, 4.69) is 4.72 Å². The van der Waals surface area contributed by atoms with Crippen LogP contribution in [0.3, 0.4) is 0 Å². The van der Waals surface area contributed by atoms with E-state index in [0.29, 0.717) is 11.4 Å². The molecule has 0 radical (unpaired) electrons. The SMILES string of the molecule is Cc1cc(C)cc(NS(=O)(=O)c2ccc(OCC(=O)N(C)C)cc2)c1. The number of nitrogens with zero attached hydrogens (tertiary/aromatic N) is 1. The molecule has 0 spiro atoms. The van der Waals surface area contributed by atoms with E-state index in [9.17, 15) is 13.2 Å². The fourth-order valence-electron chi connectivity index (χ4n) is 2.24. The molecule has 2 aromatic carbocycles. The molecule has 0 unspecified atom stereocenters. The molecule has 134 valence electrons. The highest BCUT2D eigenvalue weighted by atomic mass is 32.2. The number of hydrogen-bond donors (Lipinski definition) is 1. The van der Waals surface area contributed by atoms with Crippen molar-refractivity contribution in [2.75, 3.05) is 25.4 Å². The second-order valence-electron chi connectivity index (χ2n) is 6.03. The summed E-state index contributed by atoms with van der Waals surface area (Å²) in [7, 11) is -0.411. The van der Waals surface area contributed by atoms with Crippen LogP contribution in [0.4, 0.5) is 5.69 Å². The van der Waals surface area contributed by atoms with Crippen molar-refractivity contribution in [1.29, 1.82) is 0 Å². The van der Waals surface area contributed by atoms with Gasteiger partial charge in [-0.2, -0.15) is 0 Å². The molecule has 1 amide bonds. The van der Waals surface area contributed by atoms with Crippen LogP contribution in [-0.4, -0.2) is 39.9 Å². The van der Waals surface area contributed by atoms with Gasteiger partial charge in [0.15, 0.2) is 6.61 Å². The smallest absolute Gasteiger partial charge is 0.261 e. The van der Waals surface area contributed by atoms with E-state index in [1.807, 2.05) is 19.9 Å². The van der Waals surface area contributed by atoms with Gasteiger partial charge < -0.3 is 9.64 Å². The standard InChI is InChI=1S/C18H22N2O4S/c1-13-9-14(2)11-15(10-13)19-25(22,23)17-7-5-16(6-8-17)24-12-18(21)20(3)4/h5-11,19H,12H2,1-4H3. The van der Waals surface area contributed by atoms with Crippen molar-refractivity contribution < 1.29 is 17.9 Å². The summed E-state index contributed by atoms with van der Waals surface area (Å²) in [6, 6.07) is 11.5. The lowest BCUT2D eigenvalue weighted by Gasteiger charge is -2.12. The number of anilines is 1. The number of carbonyl (C=O) groups excluding carboxylic acids is 1. The van der Waals surface area contributed by atoms with Crippen molar-refractivity contribution in [3.63, 3.8) is 0 Å². The maximum Gasteiger partial charge on any atom is 0.261 e. The number of ether oxygens (including phenoxy) is 1. The molecule has 6 nitrogen and oxygen atoms in total. The zero-order valence-electron chi connectivity index (χ0n) is 14.7. The van der Waals surface area contributed by atoms with Crippen LogP contribution in [0, 0.1) is 13.8 Å². The van der Waals surface area contributed by atoms with E-state index in [1.165, 1.54) is 29.2 Å². The first-order chi connectivity index (χ1) is 11.7. The van der Waals surface area contributed by atoms with Gasteiger partial charge >= 0.3 is 0 Å². The van der Waals surface area contributed by atoms with Crippen LogP contribution < -0.4 is 9.46 Å². The van der Waals surface area contributed by atoms with Gasteiger partial charge in [-0.3, -0.25) is 9.52 Å². The minimum Gasteiger partial charge on any atom is -0.484 e. The fraction of sp³-hybridized carbons (Fsp3) is 0.278. The molecular formula is C18H22N2O4S. The van der Waals surface area contributed by atoms with Gasteiger partial charge in [-0.15, -0.1) is 0 Å². The Kier molecular flexibility index (Phi) is 5.69. The van der Waals surface area contributed by atoms with Crippen molar-refractivity contribution in [3.05, 3.63) is 53.6 Å². The highest BCUT2D eigenvalue weighted by molar-refractivity contribution is 7.92. The van der Waals surface area contributed by atoms with Gasteiger partial charge in [-0.05, 0) is 61.4 Å². The van der Waals surface area contributed by atoms with Crippen LogP contribution in [0.1, 0.15) is 11.1 Å². The van der Waals surface area contributed by atoms with E-state index in [4.69, 9.17) is 4.74 Å². The third-order valence-electron chi connectivity index (χ3n) is 3.47. The van der Waals surface area contributed by atoms with Crippen LogP contribution in [-0.2, 0) is 14.8 Å². The normalized spacial score (nSPS) is 11.0. The van der Waals surface area contributed by atoms with Crippen LogP contribution >= 0.6 is 0 Å². The van der Waals surface area contributed by atoms with Crippen LogP contribution in [0.2, 0.25) is 0 Å². The zero-order valence-corrected chi connectivity index (χ0v) is 15.6. The third kappa shape index (κ3) is 5.22. The molecule has 2 rings (SSSR count). The summed E-state index contributed by atoms with van der Waals surface area (Å²) in [6.45, 7) is 3.72. The molecule has 0 heterocycles. The summed E-state index contributed by atoms with van der Waals surface area (Å²) in [5, 5.41) is 0. The number of nitrogens with one attached hydrogen (secondary N) is 1. The zero-order chi connectivity index (χ0) is 18.6. The summed E-state index contributed by atoms with van der Waals surface area (Å²) in [6.07, 6.45) is 0. The van der Waals surface area contributed by atoms with Gasteiger partial charge in [-0.1, -0.05) is 6.07 Å². The third-order valence-corrected chi connectivity index (χ3v) is 4.87. The molecule has 0 aromatic heterocycles. The number of aryl methyl sites for hydroxylation is 2. The minimum atomic E-state index is -3.69. The number of amides is 1. The van der Waals surface area contributed by atoms with Crippen molar-refractivity contribution in [2.24, 2.45) is 0 Å². The Bertz CT molecular complexity index is 839. The minimum absolute atomic E-state index is 0.0973. The Hall–Kier alpha value is -2.54. The Morgan fingerprint density at radius 1 is 1.04 bits per heavy atom. The molecule has 0 bridgehead atoms. The predicted molar refractivity (Wildman–Crippen MR) is 97.4 cm³/mol. The number of sulfonamides is 1. The summed E-state index contributed by atoms with van der Waals surface area (Å²) in [5.74, 6) is 0.258. The van der Waals surface area contributed by atoms with Gasteiger partial charge in [0.25, 0.3) is 15.9 Å². The summed E-state index contributed by atoms with van der Waals surface area (Å²) >= 11 is 0. The number of hydrogen-bond acceptors (Lipinski definition) is 4. The van der Waals surface area contributed by atoms with Crippen molar-refractivity contribution in [3.8, 4) is 5.75 Å². The average molecular weight is 362 g/mol. The van der Waals surface area contributed by atoms with E-state index in [1.54, 1.807) is 26.2 Å². The van der Waals surface area contributed by atoms with Crippen LogP contribution in [0.15, 0.2) is 47.4 Å². The predicted octanol–water partition coefficient (Wildman–Crippen LogP) is 2.57. The van der Waals surface area contributed by atoms with E-state index < -0.39 is 10.0 Å². The van der Waals surface area contributed by atoms with Crippen molar-refractivity contribution in [2.45, 2.75) is 18.7 Å². The molecule has 0 aliphatic rings. The second-order valence-corrected chi connectivity index (χ2v) is 7.71. The molecule has 0 saturated carbocycles. The Balaban J connectivity index is 2.10. The Morgan fingerprint density at radius 3 is 2.12 bits per heavy atom. The monoisotopic (exact) mass is 362 g/mol. The van der Waals surface area contributed by atoms with Crippen molar-refractivity contribution in [1.82, 2.24) is 4.90 Å². The van der Waals surface area contributed by atoms with E-state index in [-0.39, 0.29) is 17.4 Å². The molecule has 0 fully saturated rings. The van der Waals surface area contributed by atoms with Gasteiger partial charge in [0, 0.05) is 19.8 Å². The molecule has 25 heavy (non-hydrogen) atoms. The van der Waals surface area contributed by atoms with E-state index >= 15 is 0 Å². The molecule has 0 saturated heterocycles. The summed E-state index contributed by atoms with van der Waals surface area (Å²) < 4.78 is 32.9. The Morgan fingerprint density at radius 2 is 1.60 bits per heavy atom. The first-order valence-corrected chi connectivity index (χ1v) is 9.20. The number of likely N-dealkylation sites (N-methyl/N-ethyl adjacent to an activating group) is 1. The van der Waals surface area contributed by atoms with E-state index in [0.717, 1.165) is 11.1 Å². The van der Waals surface area contributed by atoms with Crippen LogP contribution in [0.25, 0.3) is 0 Å².